The fourth-order valence-corrected chi connectivity index (χ4v) is 4.03. The molecule has 1 aliphatic rings. The molecule has 0 atom stereocenters. The maximum atomic E-state index is 12.5. The summed E-state index contributed by atoms with van der Waals surface area (Å²) >= 11 is 3.58. The molecule has 0 amide bonds. The van der Waals surface area contributed by atoms with Gasteiger partial charge in [-0.1, -0.05) is 18.2 Å². The second-order valence-corrected chi connectivity index (χ2v) is 7.14. The second kappa shape index (κ2) is 7.19. The van der Waals surface area contributed by atoms with Crippen LogP contribution in [-0.2, 0) is 17.6 Å². The van der Waals surface area contributed by atoms with Crippen molar-refractivity contribution in [3.63, 3.8) is 0 Å². The Labute approximate surface area is 166 Å². The molecule has 4 rings (SSSR count). The van der Waals surface area contributed by atoms with Gasteiger partial charge in [0.15, 0.2) is 5.69 Å². The third-order valence-corrected chi connectivity index (χ3v) is 5.35. The molecular weight excluding hydrogens is 408 g/mol. The van der Waals surface area contributed by atoms with Crippen LogP contribution < -0.4 is 4.74 Å². The number of hydrogen-bond acceptors (Lipinski definition) is 4. The molecule has 138 valence electrons. The minimum absolute atomic E-state index is 0.325. The summed E-state index contributed by atoms with van der Waals surface area (Å²) in [7, 11) is 1.66. The zero-order valence-electron chi connectivity index (χ0n) is 15.2. The summed E-state index contributed by atoms with van der Waals surface area (Å²) in [4.78, 5) is 12.5. The van der Waals surface area contributed by atoms with Crippen LogP contribution in [0.15, 0.2) is 46.9 Å². The van der Waals surface area contributed by atoms with Gasteiger partial charge in [-0.15, -0.1) is 0 Å². The van der Waals surface area contributed by atoms with Gasteiger partial charge in [0.25, 0.3) is 0 Å². The molecule has 0 unspecified atom stereocenters. The highest BCUT2D eigenvalue weighted by Gasteiger charge is 2.30. The maximum Gasteiger partial charge on any atom is 0.359 e. The third kappa shape index (κ3) is 3.04. The zero-order chi connectivity index (χ0) is 19.0. The normalized spacial score (nSPS) is 12.3. The lowest BCUT2D eigenvalue weighted by molar-refractivity contribution is 0.0517. The van der Waals surface area contributed by atoms with Gasteiger partial charge in [0.05, 0.1) is 29.6 Å². The van der Waals surface area contributed by atoms with Crippen molar-refractivity contribution in [2.45, 2.75) is 19.8 Å². The largest absolute Gasteiger partial charge is 0.496 e. The molecule has 0 radical (unpaired) electrons. The number of benzene rings is 2. The van der Waals surface area contributed by atoms with Gasteiger partial charge < -0.3 is 9.47 Å². The van der Waals surface area contributed by atoms with Crippen LogP contribution in [0.4, 0.5) is 0 Å². The number of carbonyl (C=O) groups excluding carboxylic acids is 1. The van der Waals surface area contributed by atoms with Gasteiger partial charge in [-0.05, 0) is 65.5 Å². The van der Waals surface area contributed by atoms with Crippen molar-refractivity contribution in [2.24, 2.45) is 0 Å². The van der Waals surface area contributed by atoms with E-state index < -0.39 is 0 Å². The topological polar surface area (TPSA) is 53.3 Å². The minimum atomic E-state index is -0.376. The average molecular weight is 427 g/mol. The molecule has 0 saturated heterocycles. The first kappa shape index (κ1) is 17.8. The zero-order valence-corrected chi connectivity index (χ0v) is 16.7. The molecule has 0 spiro atoms. The molecule has 27 heavy (non-hydrogen) atoms. The Kier molecular flexibility index (Phi) is 4.74. The molecule has 0 bridgehead atoms. The Bertz CT molecular complexity index is 1010. The molecular formula is C21H19BrN2O3. The summed E-state index contributed by atoms with van der Waals surface area (Å²) < 4.78 is 13.4. The van der Waals surface area contributed by atoms with E-state index in [4.69, 9.17) is 9.47 Å². The Balaban J connectivity index is 1.97. The van der Waals surface area contributed by atoms with Crippen LogP contribution in [0.1, 0.15) is 28.5 Å². The van der Waals surface area contributed by atoms with Crippen LogP contribution in [0.3, 0.4) is 0 Å². The van der Waals surface area contributed by atoms with E-state index in [0.29, 0.717) is 12.3 Å². The summed E-state index contributed by atoms with van der Waals surface area (Å²) in [5.74, 6) is 0.424. The number of ether oxygens (including phenoxy) is 2. The van der Waals surface area contributed by atoms with Crippen molar-refractivity contribution in [3.8, 4) is 22.7 Å². The van der Waals surface area contributed by atoms with E-state index in [-0.39, 0.29) is 5.97 Å². The second-order valence-electron chi connectivity index (χ2n) is 6.29. The molecule has 0 aliphatic heterocycles. The minimum Gasteiger partial charge on any atom is -0.496 e. The first-order chi connectivity index (χ1) is 13.1. The molecule has 1 aliphatic carbocycles. The lowest BCUT2D eigenvalue weighted by Gasteiger charge is -2.20. The number of halogens is 1. The quantitative estimate of drug-likeness (QED) is 0.572. The summed E-state index contributed by atoms with van der Waals surface area (Å²) in [6.07, 6.45) is 1.55. The molecule has 0 saturated carbocycles. The van der Waals surface area contributed by atoms with Crippen molar-refractivity contribution >= 4 is 21.9 Å². The molecule has 0 fully saturated rings. The molecule has 2 aromatic carbocycles. The maximum absolute atomic E-state index is 12.5. The van der Waals surface area contributed by atoms with Crippen molar-refractivity contribution in [1.29, 1.82) is 0 Å². The first-order valence-electron chi connectivity index (χ1n) is 8.85. The number of fused-ring (bicyclic) bond motifs is 3. The fourth-order valence-electron chi connectivity index (χ4n) is 3.52. The van der Waals surface area contributed by atoms with Gasteiger partial charge in [0.1, 0.15) is 5.75 Å². The highest BCUT2D eigenvalue weighted by atomic mass is 79.9. The Morgan fingerprint density at radius 3 is 2.70 bits per heavy atom. The number of carbonyl (C=O) groups is 1. The molecule has 5 nitrogen and oxygen atoms in total. The third-order valence-electron chi connectivity index (χ3n) is 4.73. The predicted octanol–water partition coefficient (Wildman–Crippen LogP) is 4.59. The SMILES string of the molecule is CCOC(=O)c1nn(-c2ccccc2)c2c1CCc1cc(OC)c(Br)cc1-2. The first-order valence-corrected chi connectivity index (χ1v) is 9.64. The summed E-state index contributed by atoms with van der Waals surface area (Å²) in [5.41, 5.74) is 5.40. The average Bonchev–Trinajstić information content (AvgIpc) is 3.08. The van der Waals surface area contributed by atoms with E-state index in [1.54, 1.807) is 14.0 Å². The van der Waals surface area contributed by atoms with Crippen molar-refractivity contribution < 1.29 is 14.3 Å². The van der Waals surface area contributed by atoms with Gasteiger partial charge in [-0.3, -0.25) is 0 Å². The number of hydrogen-bond donors (Lipinski definition) is 0. The summed E-state index contributed by atoms with van der Waals surface area (Å²) in [6.45, 7) is 2.13. The van der Waals surface area contributed by atoms with Gasteiger partial charge >= 0.3 is 5.97 Å². The number of esters is 1. The highest BCUT2D eigenvalue weighted by Crippen LogP contribution is 2.41. The van der Waals surface area contributed by atoms with Gasteiger partial charge in [-0.2, -0.15) is 5.10 Å². The van der Waals surface area contributed by atoms with Crippen LogP contribution >= 0.6 is 15.9 Å². The monoisotopic (exact) mass is 426 g/mol. The van der Waals surface area contributed by atoms with E-state index in [9.17, 15) is 4.79 Å². The predicted molar refractivity (Wildman–Crippen MR) is 107 cm³/mol. The number of aromatic nitrogens is 2. The number of para-hydroxylation sites is 1. The van der Waals surface area contributed by atoms with Crippen molar-refractivity contribution in [2.75, 3.05) is 13.7 Å². The van der Waals surface area contributed by atoms with Crippen LogP contribution in [0, 0.1) is 0 Å². The number of rotatable bonds is 4. The number of nitrogens with zero attached hydrogens (tertiary/aromatic N) is 2. The van der Waals surface area contributed by atoms with E-state index >= 15 is 0 Å². The van der Waals surface area contributed by atoms with E-state index in [1.807, 2.05) is 41.1 Å². The van der Waals surface area contributed by atoms with E-state index in [2.05, 4.69) is 27.1 Å². The van der Waals surface area contributed by atoms with E-state index in [1.165, 1.54) is 5.56 Å². The van der Waals surface area contributed by atoms with Crippen LogP contribution in [-0.4, -0.2) is 29.5 Å². The standard InChI is InChI=1S/C21H19BrN2O3/c1-3-27-21(25)19-15-10-9-13-11-18(26-2)17(22)12-16(13)20(15)24(23-19)14-7-5-4-6-8-14/h4-8,11-12H,3,9-10H2,1-2H3. The molecule has 1 heterocycles. The molecule has 3 aromatic rings. The smallest absolute Gasteiger partial charge is 0.359 e. The van der Waals surface area contributed by atoms with Crippen molar-refractivity contribution in [1.82, 2.24) is 9.78 Å². The van der Waals surface area contributed by atoms with Crippen molar-refractivity contribution in [3.05, 3.63) is 63.8 Å². The summed E-state index contributed by atoms with van der Waals surface area (Å²) in [6, 6.07) is 13.9. The molecule has 6 heteroatoms. The van der Waals surface area contributed by atoms with Gasteiger partial charge in [0, 0.05) is 11.1 Å². The Morgan fingerprint density at radius 2 is 2.00 bits per heavy atom. The van der Waals surface area contributed by atoms with Crippen LogP contribution in [0.25, 0.3) is 16.9 Å². The van der Waals surface area contributed by atoms with E-state index in [0.717, 1.165) is 45.6 Å². The lowest BCUT2D eigenvalue weighted by atomic mass is 9.88. The highest BCUT2D eigenvalue weighted by molar-refractivity contribution is 9.10. The summed E-state index contributed by atoms with van der Waals surface area (Å²) in [5, 5.41) is 4.65. The lowest BCUT2D eigenvalue weighted by Crippen LogP contribution is -2.11. The Hall–Kier alpha value is -2.60. The van der Waals surface area contributed by atoms with Crippen LogP contribution in [0.5, 0.6) is 5.75 Å². The van der Waals surface area contributed by atoms with Crippen LogP contribution in [0.2, 0.25) is 0 Å². The fraction of sp³-hybridized carbons (Fsp3) is 0.238. The van der Waals surface area contributed by atoms with Gasteiger partial charge in [0.2, 0.25) is 0 Å². The number of aryl methyl sites for hydroxylation is 1. The van der Waals surface area contributed by atoms with Gasteiger partial charge in [-0.25, -0.2) is 9.48 Å². The Morgan fingerprint density at radius 1 is 1.22 bits per heavy atom. The molecule has 1 aromatic heterocycles. The molecule has 0 N–H and O–H groups in total. The number of methoxy groups -OCH3 is 1.